The van der Waals surface area contributed by atoms with E-state index in [1.165, 1.54) is 61.8 Å². The average Bonchev–Trinajstić information content (AvgIpc) is 3.42. The number of rotatable bonds is 15. The lowest BCUT2D eigenvalue weighted by Crippen LogP contribution is -2.46. The van der Waals surface area contributed by atoms with Gasteiger partial charge in [0.15, 0.2) is 11.5 Å². The molecule has 5 nitrogen and oxygen atoms in total. The van der Waals surface area contributed by atoms with Gasteiger partial charge >= 0.3 is 0 Å². The topological polar surface area (TPSA) is 34.2 Å². The average molecular weight is 579 g/mol. The van der Waals surface area contributed by atoms with Gasteiger partial charge in [0.2, 0.25) is 5.75 Å². The highest BCUT2D eigenvalue weighted by Gasteiger charge is 2.21. The summed E-state index contributed by atoms with van der Waals surface area (Å²) in [4.78, 5) is 8.25. The van der Waals surface area contributed by atoms with E-state index in [2.05, 4.69) is 67.0 Å². The molecule has 3 aromatic rings. The molecule has 1 unspecified atom stereocenters. The first-order valence-electron chi connectivity index (χ1n) is 15.3. The van der Waals surface area contributed by atoms with Crippen LogP contribution in [0.4, 0.5) is 0 Å². The zero-order valence-electron chi connectivity index (χ0n) is 26.1. The Balaban J connectivity index is 1.13. The van der Waals surface area contributed by atoms with Crippen LogP contribution < -0.4 is 14.2 Å². The third-order valence-electron chi connectivity index (χ3n) is 8.35. The van der Waals surface area contributed by atoms with Crippen LogP contribution in [-0.2, 0) is 25.8 Å². The van der Waals surface area contributed by atoms with Gasteiger partial charge in [-0.1, -0.05) is 42.3 Å². The molecular formula is C35H50N2O3S. The van der Waals surface area contributed by atoms with Crippen molar-refractivity contribution in [1.82, 2.24) is 9.80 Å². The summed E-state index contributed by atoms with van der Waals surface area (Å²) in [6.07, 6.45) is 7.36. The lowest BCUT2D eigenvalue weighted by Gasteiger charge is -2.35. The Morgan fingerprint density at radius 3 is 2.05 bits per heavy atom. The van der Waals surface area contributed by atoms with Gasteiger partial charge in [-0.15, -0.1) is 11.3 Å². The second-order valence-electron chi connectivity index (χ2n) is 11.8. The second-order valence-corrected chi connectivity index (χ2v) is 13.0. The fraction of sp³-hybridized carbons (Fsp3) is 0.543. The Morgan fingerprint density at radius 2 is 1.39 bits per heavy atom. The molecule has 0 aliphatic carbocycles. The first-order valence-corrected chi connectivity index (χ1v) is 16.1. The fourth-order valence-electron chi connectivity index (χ4n) is 6.01. The van der Waals surface area contributed by atoms with E-state index in [4.69, 9.17) is 14.2 Å². The summed E-state index contributed by atoms with van der Waals surface area (Å²) in [6, 6.07) is 15.7. The molecule has 0 spiro atoms. The normalized spacial score (nSPS) is 15.2. The summed E-state index contributed by atoms with van der Waals surface area (Å²) in [7, 11) is 5.02. The number of hydrogen-bond donors (Lipinski definition) is 0. The van der Waals surface area contributed by atoms with Crippen molar-refractivity contribution in [2.24, 2.45) is 5.92 Å². The molecule has 0 radical (unpaired) electrons. The van der Waals surface area contributed by atoms with E-state index in [0.717, 1.165) is 50.0 Å². The molecule has 4 rings (SSSR count). The van der Waals surface area contributed by atoms with Gasteiger partial charge in [-0.25, -0.2) is 0 Å². The van der Waals surface area contributed by atoms with E-state index in [-0.39, 0.29) is 0 Å². The molecule has 2 aromatic carbocycles. The summed E-state index contributed by atoms with van der Waals surface area (Å²) in [5.74, 6) is 2.90. The summed E-state index contributed by atoms with van der Waals surface area (Å²) in [5, 5.41) is 0. The van der Waals surface area contributed by atoms with Crippen LogP contribution >= 0.6 is 11.3 Å². The number of piperazine rings is 1. The van der Waals surface area contributed by atoms with Crippen molar-refractivity contribution in [2.45, 2.75) is 65.8 Å². The molecule has 1 saturated heterocycles. The summed E-state index contributed by atoms with van der Waals surface area (Å²) in [5.41, 5.74) is 5.38. The van der Waals surface area contributed by atoms with Gasteiger partial charge in [-0.2, -0.15) is 0 Å². The number of aryl methyl sites for hydroxylation is 5. The second kappa shape index (κ2) is 15.6. The predicted molar refractivity (Wildman–Crippen MR) is 172 cm³/mol. The van der Waals surface area contributed by atoms with Crippen molar-refractivity contribution in [2.75, 3.05) is 54.1 Å². The van der Waals surface area contributed by atoms with Crippen LogP contribution in [0.15, 0.2) is 42.5 Å². The maximum Gasteiger partial charge on any atom is 0.203 e. The minimum Gasteiger partial charge on any atom is -0.493 e. The monoisotopic (exact) mass is 578 g/mol. The molecule has 6 heteroatoms. The van der Waals surface area contributed by atoms with E-state index in [1.807, 2.05) is 17.4 Å². The highest BCUT2D eigenvalue weighted by Crippen LogP contribution is 2.40. The predicted octanol–water partition coefficient (Wildman–Crippen LogP) is 7.34. The molecule has 224 valence electrons. The molecular weight excluding hydrogens is 528 g/mol. The van der Waals surface area contributed by atoms with Gasteiger partial charge in [-0.05, 0) is 88.6 Å². The Bertz CT molecular complexity index is 1210. The number of methoxy groups -OCH3 is 3. The van der Waals surface area contributed by atoms with Crippen molar-refractivity contribution in [3.8, 4) is 17.2 Å². The van der Waals surface area contributed by atoms with Crippen LogP contribution in [0.25, 0.3) is 0 Å². The molecule has 0 N–H and O–H groups in total. The summed E-state index contributed by atoms with van der Waals surface area (Å²) >= 11 is 2.03. The van der Waals surface area contributed by atoms with Crippen molar-refractivity contribution < 1.29 is 14.2 Å². The lowest BCUT2D eigenvalue weighted by molar-refractivity contribution is 0.121. The van der Waals surface area contributed by atoms with Crippen LogP contribution in [0, 0.1) is 19.8 Å². The smallest absolute Gasteiger partial charge is 0.203 e. The third-order valence-corrected chi connectivity index (χ3v) is 9.56. The van der Waals surface area contributed by atoms with Crippen molar-refractivity contribution in [3.63, 3.8) is 0 Å². The number of nitrogens with zero attached hydrogens (tertiary/aromatic N) is 2. The molecule has 2 heterocycles. The number of benzene rings is 2. The quantitative estimate of drug-likeness (QED) is 0.188. The highest BCUT2D eigenvalue weighted by atomic mass is 32.1. The van der Waals surface area contributed by atoms with Crippen LogP contribution in [-0.4, -0.2) is 63.9 Å². The Morgan fingerprint density at radius 1 is 0.732 bits per heavy atom. The van der Waals surface area contributed by atoms with Gasteiger partial charge in [0.1, 0.15) is 0 Å². The number of hydrogen-bond acceptors (Lipinski definition) is 6. The maximum atomic E-state index is 5.69. The maximum absolute atomic E-state index is 5.69. The van der Waals surface area contributed by atoms with E-state index in [0.29, 0.717) is 11.5 Å². The van der Waals surface area contributed by atoms with Gasteiger partial charge in [0, 0.05) is 48.0 Å². The Labute approximate surface area is 252 Å². The SMILES string of the molecule is COc1ccc(CN2CCN(CCC(C)CCc3ccc(CCCc4cc(C)cc(C)c4)s3)CC2)c(OC)c1OC. The van der Waals surface area contributed by atoms with E-state index < -0.39 is 0 Å². The highest BCUT2D eigenvalue weighted by molar-refractivity contribution is 7.11. The van der Waals surface area contributed by atoms with Crippen LogP contribution in [0.3, 0.4) is 0 Å². The zero-order chi connectivity index (χ0) is 29.2. The van der Waals surface area contributed by atoms with E-state index in [9.17, 15) is 0 Å². The summed E-state index contributed by atoms with van der Waals surface area (Å²) in [6.45, 7) is 13.3. The molecule has 0 amide bonds. The van der Waals surface area contributed by atoms with E-state index in [1.54, 1.807) is 31.1 Å². The standard InChI is InChI=1S/C35H50N2O3S/c1-26(10-12-32-14-13-31(41-32)9-7-8-29-23-27(2)22-28(3)24-29)16-17-36-18-20-37(21-19-36)25-30-11-15-33(38-4)35(40-6)34(30)39-5/h11,13-15,22-24,26H,7-10,12,16-21,25H2,1-6H3. The largest absolute Gasteiger partial charge is 0.493 e. The van der Waals surface area contributed by atoms with Gasteiger partial charge < -0.3 is 19.1 Å². The van der Waals surface area contributed by atoms with Gasteiger partial charge in [0.25, 0.3) is 0 Å². The van der Waals surface area contributed by atoms with Crippen LogP contribution in [0.5, 0.6) is 17.2 Å². The number of thiophene rings is 1. The molecule has 1 fully saturated rings. The van der Waals surface area contributed by atoms with Crippen LogP contribution in [0.2, 0.25) is 0 Å². The van der Waals surface area contributed by atoms with Crippen molar-refractivity contribution >= 4 is 11.3 Å². The van der Waals surface area contributed by atoms with Crippen LogP contribution in [0.1, 0.15) is 58.2 Å². The molecule has 1 aromatic heterocycles. The Hall–Kier alpha value is -2.54. The zero-order valence-corrected chi connectivity index (χ0v) is 26.9. The van der Waals surface area contributed by atoms with Gasteiger partial charge in [0.05, 0.1) is 21.3 Å². The van der Waals surface area contributed by atoms with Gasteiger partial charge in [-0.3, -0.25) is 4.90 Å². The first kappa shape index (κ1) is 31.4. The molecule has 0 bridgehead atoms. The molecule has 1 aliphatic rings. The minimum atomic E-state index is 0.673. The molecule has 1 aliphatic heterocycles. The summed E-state index contributed by atoms with van der Waals surface area (Å²) < 4.78 is 16.7. The Kier molecular flexibility index (Phi) is 12.0. The molecule has 41 heavy (non-hydrogen) atoms. The van der Waals surface area contributed by atoms with Crippen molar-refractivity contribution in [3.05, 3.63) is 74.5 Å². The molecule has 1 atom stereocenters. The lowest BCUT2D eigenvalue weighted by atomic mass is 10.0. The number of ether oxygens (including phenoxy) is 3. The van der Waals surface area contributed by atoms with E-state index >= 15 is 0 Å². The first-order chi connectivity index (χ1) is 19.9. The fourth-order valence-corrected chi connectivity index (χ4v) is 7.08. The minimum absolute atomic E-state index is 0.673. The van der Waals surface area contributed by atoms with Crippen molar-refractivity contribution in [1.29, 1.82) is 0 Å². The molecule has 0 saturated carbocycles. The third kappa shape index (κ3) is 9.22.